The molecule has 10 nitrogen and oxygen atoms in total. The van der Waals surface area contributed by atoms with Gasteiger partial charge in [0.1, 0.15) is 19.0 Å². The second kappa shape index (κ2) is 11.7. The highest BCUT2D eigenvalue weighted by Gasteiger charge is 2.46. The van der Waals surface area contributed by atoms with Crippen LogP contribution >= 0.6 is 21.6 Å². The number of aliphatic hydroxyl groups is 1. The van der Waals surface area contributed by atoms with Crippen molar-refractivity contribution in [3.05, 3.63) is 61.7 Å². The first kappa shape index (κ1) is 32.5. The summed E-state index contributed by atoms with van der Waals surface area (Å²) in [5.41, 5.74) is 1.53. The molecule has 1 aromatic carbocycles. The highest BCUT2D eigenvalue weighted by molar-refractivity contribution is 8.82. The fourth-order valence-electron chi connectivity index (χ4n) is 6.35. The van der Waals surface area contributed by atoms with Crippen LogP contribution in [0.2, 0.25) is 0 Å². The van der Waals surface area contributed by atoms with Crippen molar-refractivity contribution in [1.29, 1.82) is 0 Å². The predicted octanol–water partition coefficient (Wildman–Crippen LogP) is 5.58. The number of esters is 1. The summed E-state index contributed by atoms with van der Waals surface area (Å²) in [5.74, 6) is -1.21. The molecule has 3 aromatic rings. The lowest BCUT2D eigenvalue weighted by Crippen LogP contribution is -2.44. The summed E-state index contributed by atoms with van der Waals surface area (Å²) in [6.45, 7) is 10.8. The Balaban J connectivity index is 1.36. The number of nitrogens with zero attached hydrogens (tertiary/aromatic N) is 2. The zero-order chi connectivity index (χ0) is 33.3. The first-order valence-corrected chi connectivity index (χ1v) is 17.5. The van der Waals surface area contributed by atoms with Crippen molar-refractivity contribution in [3.8, 4) is 11.4 Å². The van der Waals surface area contributed by atoms with Gasteiger partial charge in [-0.1, -0.05) is 38.5 Å². The molecule has 13 heteroatoms. The molecule has 3 atom stereocenters. The van der Waals surface area contributed by atoms with Gasteiger partial charge in [-0.25, -0.2) is 19.0 Å². The van der Waals surface area contributed by atoms with E-state index >= 15 is 4.39 Å². The standard InChI is InChI=1S/C33H36FN3O7S2/c1-7-33(42)20-10-24-27-18(12-37(24)28(38)19(20)14-43-29(33)39)26-22(9-8-17-16(3)21(34)11-23(35-27)25(17)26)36-31(41)44-13-15(2)45-46-30(40)32(4,5)6/h10-11,15,22,42H,7-9,12-14H2,1-6H3,(H,36,41)/t15-,22+,33+/m1/s1. The van der Waals surface area contributed by atoms with Crippen molar-refractivity contribution in [2.24, 2.45) is 5.41 Å². The van der Waals surface area contributed by atoms with E-state index in [0.29, 0.717) is 40.9 Å². The smallest absolute Gasteiger partial charge is 0.407 e. The van der Waals surface area contributed by atoms with E-state index in [1.165, 1.54) is 21.4 Å². The fraction of sp³-hybridized carbons (Fsp3) is 0.485. The Hall–Kier alpha value is -3.42. The molecule has 1 aliphatic carbocycles. The highest BCUT2D eigenvalue weighted by Crippen LogP contribution is 2.46. The van der Waals surface area contributed by atoms with E-state index in [0.717, 1.165) is 27.3 Å². The summed E-state index contributed by atoms with van der Waals surface area (Å²) in [5, 5.41) is 14.9. The number of carbonyl (C=O) groups excluding carboxylic acids is 3. The Morgan fingerprint density at radius 3 is 2.70 bits per heavy atom. The molecule has 0 saturated carbocycles. The van der Waals surface area contributed by atoms with Crippen molar-refractivity contribution in [1.82, 2.24) is 14.9 Å². The molecular formula is C33H36FN3O7S2. The van der Waals surface area contributed by atoms with Gasteiger partial charge in [0.25, 0.3) is 5.56 Å². The molecule has 244 valence electrons. The fourth-order valence-corrected chi connectivity index (χ4v) is 8.65. The summed E-state index contributed by atoms with van der Waals surface area (Å²) in [7, 11) is 2.50. The summed E-state index contributed by atoms with van der Waals surface area (Å²) in [4.78, 5) is 56.6. The highest BCUT2D eigenvalue weighted by atomic mass is 33.1. The number of alkyl carbamates (subject to hydrolysis) is 1. The molecule has 2 N–H and O–H groups in total. The van der Waals surface area contributed by atoms with E-state index in [1.807, 2.05) is 27.7 Å². The van der Waals surface area contributed by atoms with E-state index in [4.69, 9.17) is 14.5 Å². The maximum Gasteiger partial charge on any atom is 0.407 e. The largest absolute Gasteiger partial charge is 0.458 e. The van der Waals surface area contributed by atoms with E-state index in [9.17, 15) is 24.3 Å². The predicted molar refractivity (Wildman–Crippen MR) is 174 cm³/mol. The topological polar surface area (TPSA) is 137 Å². The van der Waals surface area contributed by atoms with Crippen LogP contribution in [0.5, 0.6) is 0 Å². The number of aromatic nitrogens is 2. The molecule has 0 fully saturated rings. The van der Waals surface area contributed by atoms with Gasteiger partial charge in [0.15, 0.2) is 5.60 Å². The van der Waals surface area contributed by atoms with Crippen molar-refractivity contribution < 1.29 is 33.4 Å². The number of fused-ring (bicyclic) bond motifs is 5. The Labute approximate surface area is 273 Å². The average Bonchev–Trinajstić information content (AvgIpc) is 3.38. The molecule has 0 unspecified atom stereocenters. The molecule has 0 bridgehead atoms. The number of rotatable bonds is 6. The van der Waals surface area contributed by atoms with Crippen LogP contribution in [0, 0.1) is 18.2 Å². The Morgan fingerprint density at radius 2 is 2.00 bits per heavy atom. The van der Waals surface area contributed by atoms with Gasteiger partial charge in [-0.15, -0.1) is 0 Å². The van der Waals surface area contributed by atoms with Crippen molar-refractivity contribution in [2.75, 3.05) is 6.61 Å². The third-order valence-corrected chi connectivity index (χ3v) is 12.1. The first-order valence-electron chi connectivity index (χ1n) is 15.3. The molecule has 0 saturated heterocycles. The zero-order valence-electron chi connectivity index (χ0n) is 26.5. The number of ether oxygens (including phenoxy) is 2. The van der Waals surface area contributed by atoms with Crippen molar-refractivity contribution in [3.63, 3.8) is 0 Å². The second-order valence-electron chi connectivity index (χ2n) is 13.2. The minimum Gasteiger partial charge on any atom is -0.458 e. The Bertz CT molecular complexity index is 1890. The molecule has 0 spiro atoms. The lowest BCUT2D eigenvalue weighted by molar-refractivity contribution is -0.172. The number of aryl methyl sites for hydroxylation is 1. The van der Waals surface area contributed by atoms with E-state index < -0.39 is 40.5 Å². The van der Waals surface area contributed by atoms with Crippen LogP contribution in [0.3, 0.4) is 0 Å². The maximum absolute atomic E-state index is 15.1. The van der Waals surface area contributed by atoms with Crippen LogP contribution in [0.15, 0.2) is 16.9 Å². The number of carbonyl (C=O) groups is 3. The molecule has 4 heterocycles. The summed E-state index contributed by atoms with van der Waals surface area (Å²) in [6.07, 6.45) is 0.353. The van der Waals surface area contributed by atoms with Crippen LogP contribution in [0.1, 0.15) is 86.9 Å². The zero-order valence-corrected chi connectivity index (χ0v) is 28.2. The summed E-state index contributed by atoms with van der Waals surface area (Å²) in [6, 6.07) is 2.47. The summed E-state index contributed by atoms with van der Waals surface area (Å²) >= 11 is 0. The molecule has 1 amide bonds. The monoisotopic (exact) mass is 669 g/mol. The van der Waals surface area contributed by atoms with Crippen LogP contribution in [-0.4, -0.2) is 43.7 Å². The van der Waals surface area contributed by atoms with Crippen LogP contribution in [0.25, 0.3) is 22.3 Å². The number of amides is 1. The minimum atomic E-state index is -1.98. The van der Waals surface area contributed by atoms with E-state index in [-0.39, 0.29) is 47.7 Å². The third-order valence-electron chi connectivity index (χ3n) is 9.02. The molecule has 3 aliphatic rings. The molecule has 46 heavy (non-hydrogen) atoms. The van der Waals surface area contributed by atoms with Crippen LogP contribution in [0.4, 0.5) is 9.18 Å². The van der Waals surface area contributed by atoms with Gasteiger partial charge in [-0.3, -0.25) is 9.59 Å². The Morgan fingerprint density at radius 1 is 1.26 bits per heavy atom. The van der Waals surface area contributed by atoms with Crippen molar-refractivity contribution in [2.45, 2.75) is 90.8 Å². The number of pyridine rings is 2. The van der Waals surface area contributed by atoms with Gasteiger partial charge in [0, 0.05) is 33.2 Å². The third kappa shape index (κ3) is 5.29. The average molecular weight is 670 g/mol. The minimum absolute atomic E-state index is 0.00957. The van der Waals surface area contributed by atoms with E-state index in [2.05, 4.69) is 5.32 Å². The number of halogens is 1. The number of hydrogen-bond donors (Lipinski definition) is 2. The number of hydrogen-bond acceptors (Lipinski definition) is 10. The molecule has 6 rings (SSSR count). The SMILES string of the molecule is CC[C@@]1(O)C(=O)OCc2c1cc1n(c2=O)Cc2c-1nc1cc(F)c(C)c3c1c2[C@@H](NC(=O)OC[C@@H](C)SSC(=O)C(C)(C)C)CC3. The van der Waals surface area contributed by atoms with Gasteiger partial charge in [0.2, 0.25) is 5.12 Å². The van der Waals surface area contributed by atoms with Gasteiger partial charge >= 0.3 is 12.1 Å². The van der Waals surface area contributed by atoms with Gasteiger partial charge < -0.3 is 24.5 Å². The normalized spacial score (nSPS) is 20.4. The molecule has 2 aromatic heterocycles. The second-order valence-corrected chi connectivity index (χ2v) is 15.8. The van der Waals surface area contributed by atoms with Crippen LogP contribution < -0.4 is 10.9 Å². The maximum atomic E-state index is 15.1. The molecule has 0 radical (unpaired) electrons. The Kier molecular flexibility index (Phi) is 8.25. The number of benzene rings is 1. The first-order chi connectivity index (χ1) is 21.6. The number of cyclic esters (lactones) is 1. The molecule has 2 aliphatic heterocycles. The lowest BCUT2D eigenvalue weighted by Gasteiger charge is -2.31. The van der Waals surface area contributed by atoms with Crippen LogP contribution in [-0.2, 0) is 44.2 Å². The van der Waals surface area contributed by atoms with E-state index in [1.54, 1.807) is 19.9 Å². The van der Waals surface area contributed by atoms with Gasteiger partial charge in [0.05, 0.1) is 35.1 Å². The quantitative estimate of drug-likeness (QED) is 0.198. The lowest BCUT2D eigenvalue weighted by atomic mass is 9.81. The van der Waals surface area contributed by atoms with Gasteiger partial charge in [-0.05, 0) is 66.7 Å². The number of nitrogens with one attached hydrogen (secondary N) is 1. The van der Waals surface area contributed by atoms with Crippen molar-refractivity contribution >= 4 is 49.7 Å². The summed E-state index contributed by atoms with van der Waals surface area (Å²) < 4.78 is 27.4. The molecular weight excluding hydrogens is 634 g/mol. The van der Waals surface area contributed by atoms with Gasteiger partial charge in [-0.2, -0.15) is 0 Å².